The van der Waals surface area contributed by atoms with Crippen molar-refractivity contribution in [2.24, 2.45) is 11.8 Å². The summed E-state index contributed by atoms with van der Waals surface area (Å²) in [6, 6.07) is 4.08. The summed E-state index contributed by atoms with van der Waals surface area (Å²) in [6.45, 7) is 8.18. The van der Waals surface area contributed by atoms with E-state index in [1.54, 1.807) is 0 Å². The molecule has 1 amide bonds. The van der Waals surface area contributed by atoms with Crippen molar-refractivity contribution in [1.29, 1.82) is 0 Å². The van der Waals surface area contributed by atoms with Crippen LogP contribution in [0.1, 0.15) is 32.8 Å². The van der Waals surface area contributed by atoms with Crippen LogP contribution < -0.4 is 0 Å². The molecule has 2 rings (SSSR count). The Bertz CT molecular complexity index is 642. The fourth-order valence-electron chi connectivity index (χ4n) is 3.50. The highest BCUT2D eigenvalue weighted by atomic mass is 35.5. The molecule has 0 aromatic heterocycles. The fourth-order valence-corrected chi connectivity index (χ4v) is 3.67. The standard InChI is InChI=1S/C18H26ClN3O3/c1-12-7-13(2)10-21(9-12)18(23)14(3)20(4)11-15-8-16(22(24)25)5-6-17(15)19/h5-6,8,12-14H,7,9-11H2,1-4H3. The van der Waals surface area contributed by atoms with Crippen molar-refractivity contribution in [3.63, 3.8) is 0 Å². The van der Waals surface area contributed by atoms with Crippen LogP contribution in [0.25, 0.3) is 0 Å². The number of carbonyl (C=O) groups is 1. The number of piperidine rings is 1. The molecule has 1 heterocycles. The predicted octanol–water partition coefficient (Wildman–Crippen LogP) is 3.57. The fraction of sp³-hybridized carbons (Fsp3) is 0.611. The quantitative estimate of drug-likeness (QED) is 0.589. The molecule has 1 aromatic carbocycles. The number of amides is 1. The van der Waals surface area contributed by atoms with E-state index in [0.29, 0.717) is 29.0 Å². The summed E-state index contributed by atoms with van der Waals surface area (Å²) >= 11 is 6.17. The molecular formula is C18H26ClN3O3. The molecule has 1 fully saturated rings. The van der Waals surface area contributed by atoms with Gasteiger partial charge in [-0.1, -0.05) is 25.4 Å². The maximum atomic E-state index is 12.8. The number of halogens is 1. The highest BCUT2D eigenvalue weighted by Gasteiger charge is 2.30. The molecule has 6 nitrogen and oxygen atoms in total. The number of benzene rings is 1. The number of likely N-dealkylation sites (tertiary alicyclic amines) is 1. The van der Waals surface area contributed by atoms with E-state index in [0.717, 1.165) is 19.5 Å². The van der Waals surface area contributed by atoms with Gasteiger partial charge in [0.15, 0.2) is 0 Å². The topological polar surface area (TPSA) is 66.7 Å². The molecule has 1 aromatic rings. The van der Waals surface area contributed by atoms with Crippen LogP contribution in [0, 0.1) is 22.0 Å². The minimum Gasteiger partial charge on any atom is -0.341 e. The number of non-ortho nitro benzene ring substituents is 1. The first kappa shape index (κ1) is 19.7. The van der Waals surface area contributed by atoms with Gasteiger partial charge in [0.05, 0.1) is 11.0 Å². The third kappa shape index (κ3) is 4.92. The first-order chi connectivity index (χ1) is 11.7. The van der Waals surface area contributed by atoms with Gasteiger partial charge >= 0.3 is 0 Å². The second kappa shape index (κ2) is 8.15. The van der Waals surface area contributed by atoms with Gasteiger partial charge in [-0.05, 0) is 43.9 Å². The van der Waals surface area contributed by atoms with Crippen molar-refractivity contribution in [2.45, 2.75) is 39.8 Å². The largest absolute Gasteiger partial charge is 0.341 e. The molecule has 1 aliphatic heterocycles. The number of hydrogen-bond donors (Lipinski definition) is 0. The van der Waals surface area contributed by atoms with E-state index >= 15 is 0 Å². The van der Waals surface area contributed by atoms with Gasteiger partial charge in [0, 0.05) is 36.8 Å². The highest BCUT2D eigenvalue weighted by molar-refractivity contribution is 6.31. The number of nitrogens with zero attached hydrogens (tertiary/aromatic N) is 3. The summed E-state index contributed by atoms with van der Waals surface area (Å²) in [5, 5.41) is 11.4. The minimum atomic E-state index is -0.440. The lowest BCUT2D eigenvalue weighted by atomic mass is 9.91. The van der Waals surface area contributed by atoms with Gasteiger partial charge in [-0.2, -0.15) is 0 Å². The van der Waals surface area contributed by atoms with Gasteiger partial charge in [-0.3, -0.25) is 19.8 Å². The third-order valence-corrected chi connectivity index (χ3v) is 5.23. The van der Waals surface area contributed by atoms with Gasteiger partial charge in [0.25, 0.3) is 5.69 Å². The lowest BCUT2D eigenvalue weighted by molar-refractivity contribution is -0.384. The molecule has 25 heavy (non-hydrogen) atoms. The first-order valence-corrected chi connectivity index (χ1v) is 8.98. The Hall–Kier alpha value is -1.66. The Labute approximate surface area is 153 Å². The lowest BCUT2D eigenvalue weighted by Gasteiger charge is -2.38. The normalized spacial score (nSPS) is 22.1. The molecule has 0 aliphatic carbocycles. The van der Waals surface area contributed by atoms with Gasteiger partial charge in [0.2, 0.25) is 5.91 Å². The number of nitro benzene ring substituents is 1. The maximum Gasteiger partial charge on any atom is 0.269 e. The van der Waals surface area contributed by atoms with E-state index in [2.05, 4.69) is 13.8 Å². The monoisotopic (exact) mass is 367 g/mol. The number of nitro groups is 1. The van der Waals surface area contributed by atoms with Crippen LogP contribution in [-0.4, -0.2) is 46.8 Å². The second-order valence-corrected chi connectivity index (χ2v) is 7.72. The van der Waals surface area contributed by atoms with Crippen LogP contribution in [0.4, 0.5) is 5.69 Å². The van der Waals surface area contributed by atoms with Crippen LogP contribution in [0.2, 0.25) is 5.02 Å². The Morgan fingerprint density at radius 2 is 2.00 bits per heavy atom. The zero-order chi connectivity index (χ0) is 18.7. The van der Waals surface area contributed by atoms with Gasteiger partial charge in [-0.25, -0.2) is 0 Å². The van der Waals surface area contributed by atoms with Crippen molar-refractivity contribution in [3.05, 3.63) is 38.9 Å². The molecule has 7 heteroatoms. The summed E-state index contributed by atoms with van der Waals surface area (Å²) < 4.78 is 0. The SMILES string of the molecule is CC1CC(C)CN(C(=O)C(C)N(C)Cc2cc([N+](=O)[O-])ccc2Cl)C1. The molecule has 0 spiro atoms. The minimum absolute atomic E-state index is 0.00506. The Morgan fingerprint density at radius 3 is 2.56 bits per heavy atom. The van der Waals surface area contributed by atoms with Gasteiger partial charge in [0.1, 0.15) is 0 Å². The maximum absolute atomic E-state index is 12.8. The van der Waals surface area contributed by atoms with E-state index in [-0.39, 0.29) is 17.6 Å². The van der Waals surface area contributed by atoms with E-state index < -0.39 is 4.92 Å². The number of hydrogen-bond acceptors (Lipinski definition) is 4. The van der Waals surface area contributed by atoms with Crippen LogP contribution >= 0.6 is 11.6 Å². The van der Waals surface area contributed by atoms with Crippen LogP contribution in [0.3, 0.4) is 0 Å². The number of rotatable bonds is 5. The summed E-state index contributed by atoms with van der Waals surface area (Å²) in [6.07, 6.45) is 1.15. The molecule has 1 saturated heterocycles. The Balaban J connectivity index is 2.07. The number of likely N-dealkylation sites (N-methyl/N-ethyl adjacent to an activating group) is 1. The Morgan fingerprint density at radius 1 is 1.40 bits per heavy atom. The molecule has 3 atom stereocenters. The molecule has 1 aliphatic rings. The van der Waals surface area contributed by atoms with E-state index in [4.69, 9.17) is 11.6 Å². The average molecular weight is 368 g/mol. The summed E-state index contributed by atoms with van der Waals surface area (Å²) in [4.78, 5) is 27.2. The van der Waals surface area contributed by atoms with Gasteiger partial charge < -0.3 is 4.90 Å². The smallest absolute Gasteiger partial charge is 0.269 e. The van der Waals surface area contributed by atoms with Crippen LogP contribution in [0.15, 0.2) is 18.2 Å². The molecule has 0 N–H and O–H groups in total. The molecule has 0 bridgehead atoms. The Kier molecular flexibility index (Phi) is 6.41. The van der Waals surface area contributed by atoms with E-state index in [9.17, 15) is 14.9 Å². The molecule has 3 unspecified atom stereocenters. The summed E-state index contributed by atoms with van der Waals surface area (Å²) in [5.74, 6) is 1.12. The zero-order valence-electron chi connectivity index (χ0n) is 15.2. The van der Waals surface area contributed by atoms with Gasteiger partial charge in [-0.15, -0.1) is 0 Å². The van der Waals surface area contributed by atoms with Crippen molar-refractivity contribution in [1.82, 2.24) is 9.80 Å². The van der Waals surface area contributed by atoms with Crippen LogP contribution in [0.5, 0.6) is 0 Å². The molecule has 0 saturated carbocycles. The van der Waals surface area contributed by atoms with Crippen molar-refractivity contribution >= 4 is 23.2 Å². The molecule has 138 valence electrons. The zero-order valence-corrected chi connectivity index (χ0v) is 16.0. The highest BCUT2D eigenvalue weighted by Crippen LogP contribution is 2.25. The molecule has 0 radical (unpaired) electrons. The summed E-state index contributed by atoms with van der Waals surface area (Å²) in [7, 11) is 1.84. The van der Waals surface area contributed by atoms with E-state index in [1.807, 2.05) is 23.8 Å². The third-order valence-electron chi connectivity index (χ3n) is 4.86. The number of carbonyl (C=O) groups excluding carboxylic acids is 1. The summed E-state index contributed by atoms with van der Waals surface area (Å²) in [5.41, 5.74) is 0.656. The van der Waals surface area contributed by atoms with Crippen molar-refractivity contribution in [2.75, 3.05) is 20.1 Å². The van der Waals surface area contributed by atoms with E-state index in [1.165, 1.54) is 18.2 Å². The predicted molar refractivity (Wildman–Crippen MR) is 98.6 cm³/mol. The average Bonchev–Trinajstić information content (AvgIpc) is 2.54. The molecular weight excluding hydrogens is 342 g/mol. The lowest BCUT2D eigenvalue weighted by Crippen LogP contribution is -2.50. The second-order valence-electron chi connectivity index (χ2n) is 7.31. The van der Waals surface area contributed by atoms with Crippen LogP contribution in [-0.2, 0) is 11.3 Å². The first-order valence-electron chi connectivity index (χ1n) is 8.60. The van der Waals surface area contributed by atoms with Crippen molar-refractivity contribution in [3.8, 4) is 0 Å². The van der Waals surface area contributed by atoms with Crippen molar-refractivity contribution < 1.29 is 9.72 Å².